The zero-order valence-electron chi connectivity index (χ0n) is 8.79. The fourth-order valence-corrected chi connectivity index (χ4v) is 1.13. The number of anilines is 1. The highest BCUT2D eigenvalue weighted by Gasteiger charge is 2.05. The summed E-state index contributed by atoms with van der Waals surface area (Å²) < 4.78 is 0. The lowest BCUT2D eigenvalue weighted by Gasteiger charge is -2.06. The van der Waals surface area contributed by atoms with E-state index in [1.807, 2.05) is 6.92 Å². The first-order chi connectivity index (χ1) is 7.27. The number of hydrogen-bond donors (Lipinski definition) is 3. The molecule has 15 heavy (non-hydrogen) atoms. The van der Waals surface area contributed by atoms with E-state index in [1.165, 1.54) is 0 Å². The number of rotatable bonds is 5. The van der Waals surface area contributed by atoms with Gasteiger partial charge < -0.3 is 16.4 Å². The van der Waals surface area contributed by atoms with Crippen LogP contribution in [0, 0.1) is 0 Å². The van der Waals surface area contributed by atoms with Gasteiger partial charge in [-0.15, -0.1) is 0 Å². The summed E-state index contributed by atoms with van der Waals surface area (Å²) in [5.41, 5.74) is 6.64. The Morgan fingerprint density at radius 3 is 3.07 bits per heavy atom. The van der Waals surface area contributed by atoms with Crippen LogP contribution in [-0.4, -0.2) is 30.5 Å². The molecule has 1 rings (SSSR count). The molecule has 1 amide bonds. The Morgan fingerprint density at radius 2 is 2.40 bits per heavy atom. The van der Waals surface area contributed by atoms with Crippen molar-refractivity contribution in [2.75, 3.05) is 25.0 Å². The van der Waals surface area contributed by atoms with Crippen LogP contribution < -0.4 is 16.4 Å². The van der Waals surface area contributed by atoms with Crippen molar-refractivity contribution in [1.82, 2.24) is 10.3 Å². The standard InChI is InChI=1S/C10H16N4O/c1-2-12-10(15)9-7-8(3-5-14-9)13-6-4-11/h3,5,7H,2,4,6,11H2,1H3,(H,12,15)(H,13,14). The summed E-state index contributed by atoms with van der Waals surface area (Å²) in [7, 11) is 0. The number of carbonyl (C=O) groups excluding carboxylic acids is 1. The summed E-state index contributed by atoms with van der Waals surface area (Å²) in [5, 5.41) is 5.78. The molecule has 0 atom stereocenters. The molecule has 1 aromatic rings. The van der Waals surface area contributed by atoms with E-state index in [2.05, 4.69) is 15.6 Å². The number of hydrogen-bond acceptors (Lipinski definition) is 4. The van der Waals surface area contributed by atoms with Gasteiger partial charge in [0, 0.05) is 31.5 Å². The van der Waals surface area contributed by atoms with Gasteiger partial charge in [-0.3, -0.25) is 9.78 Å². The fourth-order valence-electron chi connectivity index (χ4n) is 1.13. The Bertz CT molecular complexity index is 327. The van der Waals surface area contributed by atoms with Crippen LogP contribution >= 0.6 is 0 Å². The van der Waals surface area contributed by atoms with E-state index < -0.39 is 0 Å². The third-order valence-electron chi connectivity index (χ3n) is 1.80. The van der Waals surface area contributed by atoms with Crippen molar-refractivity contribution >= 4 is 11.6 Å². The SMILES string of the molecule is CCNC(=O)c1cc(NCCN)ccn1. The second kappa shape index (κ2) is 5.98. The maximum Gasteiger partial charge on any atom is 0.269 e. The van der Waals surface area contributed by atoms with E-state index in [9.17, 15) is 4.79 Å². The van der Waals surface area contributed by atoms with Crippen LogP contribution in [0.3, 0.4) is 0 Å². The van der Waals surface area contributed by atoms with Crippen molar-refractivity contribution in [1.29, 1.82) is 0 Å². The molecular weight excluding hydrogens is 192 g/mol. The number of nitrogens with zero attached hydrogens (tertiary/aromatic N) is 1. The molecule has 0 aromatic carbocycles. The Balaban J connectivity index is 2.69. The summed E-state index contributed by atoms with van der Waals surface area (Å²) in [6.07, 6.45) is 1.60. The first kappa shape index (κ1) is 11.5. The highest BCUT2D eigenvalue weighted by Crippen LogP contribution is 2.07. The maximum atomic E-state index is 11.4. The van der Waals surface area contributed by atoms with Crippen molar-refractivity contribution in [2.45, 2.75) is 6.92 Å². The normalized spacial score (nSPS) is 9.73. The van der Waals surface area contributed by atoms with Crippen molar-refractivity contribution in [3.05, 3.63) is 24.0 Å². The van der Waals surface area contributed by atoms with Crippen molar-refractivity contribution in [3.8, 4) is 0 Å². The Kier molecular flexibility index (Phi) is 4.56. The lowest BCUT2D eigenvalue weighted by molar-refractivity contribution is 0.0951. The second-order valence-electron chi connectivity index (χ2n) is 3.00. The third kappa shape index (κ3) is 3.55. The third-order valence-corrected chi connectivity index (χ3v) is 1.80. The number of nitrogens with one attached hydrogen (secondary N) is 2. The lowest BCUT2D eigenvalue weighted by Crippen LogP contribution is -2.23. The van der Waals surface area contributed by atoms with Crippen LogP contribution in [0.25, 0.3) is 0 Å². The number of amides is 1. The quantitative estimate of drug-likeness (QED) is 0.646. The Labute approximate surface area is 89.1 Å². The Morgan fingerprint density at radius 1 is 1.60 bits per heavy atom. The summed E-state index contributed by atoms with van der Waals surface area (Å²) in [6, 6.07) is 3.51. The molecule has 1 heterocycles. The van der Waals surface area contributed by atoms with Crippen LogP contribution in [0.2, 0.25) is 0 Å². The van der Waals surface area contributed by atoms with Gasteiger partial charge in [-0.1, -0.05) is 0 Å². The van der Waals surface area contributed by atoms with Crippen LogP contribution in [0.1, 0.15) is 17.4 Å². The monoisotopic (exact) mass is 208 g/mol. The highest BCUT2D eigenvalue weighted by atomic mass is 16.1. The molecule has 0 unspecified atom stereocenters. The predicted octanol–water partition coefficient (Wildman–Crippen LogP) is 0.202. The van der Waals surface area contributed by atoms with Gasteiger partial charge in [-0.2, -0.15) is 0 Å². The first-order valence-electron chi connectivity index (χ1n) is 4.96. The average molecular weight is 208 g/mol. The molecule has 1 aromatic heterocycles. The number of aromatic nitrogens is 1. The van der Waals surface area contributed by atoms with E-state index in [-0.39, 0.29) is 5.91 Å². The molecule has 0 fully saturated rings. The zero-order chi connectivity index (χ0) is 11.1. The van der Waals surface area contributed by atoms with E-state index in [1.54, 1.807) is 18.3 Å². The van der Waals surface area contributed by atoms with Gasteiger partial charge in [0.15, 0.2) is 0 Å². The highest BCUT2D eigenvalue weighted by molar-refractivity contribution is 5.93. The van der Waals surface area contributed by atoms with Gasteiger partial charge in [0.2, 0.25) is 0 Å². The van der Waals surface area contributed by atoms with Crippen LogP contribution in [0.15, 0.2) is 18.3 Å². The topological polar surface area (TPSA) is 80.0 Å². The van der Waals surface area contributed by atoms with Gasteiger partial charge in [0.05, 0.1) is 0 Å². The number of nitrogens with two attached hydrogens (primary N) is 1. The summed E-state index contributed by atoms with van der Waals surface area (Å²) >= 11 is 0. The predicted molar refractivity (Wildman–Crippen MR) is 59.8 cm³/mol. The summed E-state index contributed by atoms with van der Waals surface area (Å²) in [4.78, 5) is 15.4. The molecule has 0 bridgehead atoms. The fraction of sp³-hybridized carbons (Fsp3) is 0.400. The van der Waals surface area contributed by atoms with Gasteiger partial charge in [-0.05, 0) is 19.1 Å². The van der Waals surface area contributed by atoms with Crippen molar-refractivity contribution in [2.24, 2.45) is 5.73 Å². The van der Waals surface area contributed by atoms with Crippen molar-refractivity contribution < 1.29 is 4.79 Å². The van der Waals surface area contributed by atoms with Gasteiger partial charge in [0.1, 0.15) is 5.69 Å². The van der Waals surface area contributed by atoms with E-state index in [4.69, 9.17) is 5.73 Å². The Hall–Kier alpha value is -1.62. The molecule has 0 aliphatic rings. The molecule has 5 nitrogen and oxygen atoms in total. The maximum absolute atomic E-state index is 11.4. The summed E-state index contributed by atoms with van der Waals surface area (Å²) in [5.74, 6) is -0.158. The van der Waals surface area contributed by atoms with E-state index in [0.717, 1.165) is 5.69 Å². The summed E-state index contributed by atoms with van der Waals surface area (Å²) in [6.45, 7) is 3.70. The van der Waals surface area contributed by atoms with Gasteiger partial charge >= 0.3 is 0 Å². The molecule has 0 aliphatic heterocycles. The number of carbonyl (C=O) groups is 1. The zero-order valence-corrected chi connectivity index (χ0v) is 8.79. The number of pyridine rings is 1. The molecule has 0 spiro atoms. The smallest absolute Gasteiger partial charge is 0.269 e. The van der Waals surface area contributed by atoms with Crippen LogP contribution in [0.5, 0.6) is 0 Å². The first-order valence-corrected chi connectivity index (χ1v) is 4.96. The molecule has 0 radical (unpaired) electrons. The van der Waals surface area contributed by atoms with Crippen LogP contribution in [0.4, 0.5) is 5.69 Å². The molecule has 5 heteroatoms. The molecule has 0 aliphatic carbocycles. The second-order valence-corrected chi connectivity index (χ2v) is 3.00. The molecular formula is C10H16N4O. The minimum atomic E-state index is -0.158. The lowest BCUT2D eigenvalue weighted by atomic mass is 10.3. The van der Waals surface area contributed by atoms with Crippen LogP contribution in [-0.2, 0) is 0 Å². The van der Waals surface area contributed by atoms with Gasteiger partial charge in [-0.25, -0.2) is 0 Å². The molecule has 0 saturated heterocycles. The minimum Gasteiger partial charge on any atom is -0.384 e. The minimum absolute atomic E-state index is 0.158. The van der Waals surface area contributed by atoms with Gasteiger partial charge in [0.25, 0.3) is 5.91 Å². The molecule has 4 N–H and O–H groups in total. The molecule has 82 valence electrons. The van der Waals surface area contributed by atoms with Crippen molar-refractivity contribution in [3.63, 3.8) is 0 Å². The van der Waals surface area contributed by atoms with E-state index in [0.29, 0.717) is 25.3 Å². The largest absolute Gasteiger partial charge is 0.384 e. The average Bonchev–Trinajstić information content (AvgIpc) is 2.27. The molecule has 0 saturated carbocycles. The van der Waals surface area contributed by atoms with E-state index >= 15 is 0 Å².